The summed E-state index contributed by atoms with van der Waals surface area (Å²) in [5, 5.41) is 20.5. The Morgan fingerprint density at radius 2 is 1.77 bits per heavy atom. The minimum atomic E-state index is -2.31. The second-order valence-corrected chi connectivity index (χ2v) is 6.07. The molecular weight excluding hydrogens is 428 g/mol. The number of allylic oxidation sites excluding steroid dienone is 2. The maximum atomic E-state index is 13.8. The van der Waals surface area contributed by atoms with Crippen molar-refractivity contribution in [1.82, 2.24) is 0 Å². The molecule has 0 spiro atoms. The lowest BCUT2D eigenvalue weighted by atomic mass is 9.93. The Balaban J connectivity index is 2.74. The molecule has 1 aliphatic carbocycles. The van der Waals surface area contributed by atoms with Gasteiger partial charge in [0.1, 0.15) is 11.6 Å². The highest BCUT2D eigenvalue weighted by atomic mass is 127. The molecular formula is C12H5F5INO3. The molecule has 10 heteroatoms. The van der Waals surface area contributed by atoms with Crippen molar-refractivity contribution in [2.24, 2.45) is 0 Å². The predicted molar refractivity (Wildman–Crippen MR) is 73.2 cm³/mol. The number of aliphatic hydroxyl groups excluding tert-OH is 1. The minimum Gasteiger partial charge on any atom is -0.380 e. The number of benzene rings is 1. The minimum absolute atomic E-state index is 0.00602. The van der Waals surface area contributed by atoms with E-state index in [1.165, 1.54) is 0 Å². The summed E-state index contributed by atoms with van der Waals surface area (Å²) >= 11 is 1.15. The van der Waals surface area contributed by atoms with Crippen LogP contribution in [0.15, 0.2) is 24.0 Å². The lowest BCUT2D eigenvalue weighted by Crippen LogP contribution is -2.42. The van der Waals surface area contributed by atoms with E-state index >= 15 is 0 Å². The van der Waals surface area contributed by atoms with Crippen LogP contribution < -0.4 is 0 Å². The third kappa shape index (κ3) is 2.49. The first kappa shape index (κ1) is 16.8. The van der Waals surface area contributed by atoms with E-state index in [1.54, 1.807) is 0 Å². The van der Waals surface area contributed by atoms with Gasteiger partial charge in [-0.2, -0.15) is 0 Å². The number of nitrogens with zero attached hydrogens (tertiary/aromatic N) is 1. The van der Waals surface area contributed by atoms with Gasteiger partial charge in [0.15, 0.2) is 23.6 Å². The SMILES string of the molecule is O=[N+]([O-])C1(I)C=C(c2c(F)cc(F)c(F)c2F)C(F)=CC1O. The summed E-state index contributed by atoms with van der Waals surface area (Å²) in [5.74, 6) is -8.92. The van der Waals surface area contributed by atoms with Crippen molar-refractivity contribution >= 4 is 28.2 Å². The number of aliphatic hydroxyl groups is 1. The van der Waals surface area contributed by atoms with Gasteiger partial charge in [-0.15, -0.1) is 0 Å². The zero-order valence-corrected chi connectivity index (χ0v) is 12.4. The monoisotopic (exact) mass is 433 g/mol. The van der Waals surface area contributed by atoms with Crippen molar-refractivity contribution in [1.29, 1.82) is 0 Å². The topological polar surface area (TPSA) is 63.4 Å². The molecule has 4 nitrogen and oxygen atoms in total. The molecule has 22 heavy (non-hydrogen) atoms. The second kappa shape index (κ2) is 5.57. The lowest BCUT2D eigenvalue weighted by Gasteiger charge is -2.24. The van der Waals surface area contributed by atoms with Crippen LogP contribution >= 0.6 is 22.6 Å². The van der Waals surface area contributed by atoms with Crippen molar-refractivity contribution in [3.63, 3.8) is 0 Å². The van der Waals surface area contributed by atoms with E-state index in [4.69, 9.17) is 0 Å². The Bertz CT molecular complexity index is 736. The van der Waals surface area contributed by atoms with Crippen molar-refractivity contribution in [3.05, 3.63) is 63.0 Å². The van der Waals surface area contributed by atoms with E-state index in [-0.39, 0.29) is 6.07 Å². The molecule has 0 amide bonds. The summed E-state index contributed by atoms with van der Waals surface area (Å²) < 4.78 is 65.0. The highest BCUT2D eigenvalue weighted by Gasteiger charge is 2.48. The quantitative estimate of drug-likeness (QED) is 0.114. The summed E-state index contributed by atoms with van der Waals surface area (Å²) in [6.45, 7) is 0. The van der Waals surface area contributed by atoms with Crippen LogP contribution in [0.1, 0.15) is 5.56 Å². The van der Waals surface area contributed by atoms with E-state index in [9.17, 15) is 37.2 Å². The van der Waals surface area contributed by atoms with Gasteiger partial charge in [0.2, 0.25) is 0 Å². The number of alkyl halides is 1. The first-order chi connectivity index (χ1) is 10.1. The largest absolute Gasteiger partial charge is 0.380 e. The smallest absolute Gasteiger partial charge is 0.317 e. The molecule has 1 aliphatic rings. The average Bonchev–Trinajstić information content (AvgIpc) is 2.41. The third-order valence-corrected chi connectivity index (χ3v) is 4.33. The molecule has 1 aromatic rings. The van der Waals surface area contributed by atoms with Crippen LogP contribution in [0, 0.1) is 33.4 Å². The van der Waals surface area contributed by atoms with Crippen LogP contribution in [0.2, 0.25) is 0 Å². The van der Waals surface area contributed by atoms with Crippen LogP contribution in [0.4, 0.5) is 22.0 Å². The summed E-state index contributed by atoms with van der Waals surface area (Å²) in [4.78, 5) is 9.98. The van der Waals surface area contributed by atoms with Crippen LogP contribution in [-0.2, 0) is 0 Å². The van der Waals surface area contributed by atoms with Crippen LogP contribution in [0.3, 0.4) is 0 Å². The molecule has 0 fully saturated rings. The number of nitro groups is 1. The maximum Gasteiger partial charge on any atom is 0.317 e. The maximum absolute atomic E-state index is 13.8. The fourth-order valence-electron chi connectivity index (χ4n) is 1.87. The van der Waals surface area contributed by atoms with Crippen LogP contribution in [-0.4, -0.2) is 19.7 Å². The summed E-state index contributed by atoms with van der Waals surface area (Å²) in [5.41, 5.74) is -2.27. The van der Waals surface area contributed by atoms with Crippen molar-refractivity contribution in [3.8, 4) is 0 Å². The standard InChI is InChI=1S/C12H5F5INO3/c13-5-2-8(20)12(18,19(21)22)3-4(5)9-6(14)1-7(15)10(16)11(9)17/h1-3,8,20H. The molecule has 0 heterocycles. The zero-order chi connectivity index (χ0) is 16.8. The van der Waals surface area contributed by atoms with Gasteiger partial charge in [-0.3, -0.25) is 10.1 Å². The third-order valence-electron chi connectivity index (χ3n) is 2.99. The Kier molecular flexibility index (Phi) is 4.26. The average molecular weight is 433 g/mol. The Labute approximate surface area is 133 Å². The second-order valence-electron chi connectivity index (χ2n) is 4.35. The predicted octanol–water partition coefficient (Wildman–Crippen LogP) is 3.26. The highest BCUT2D eigenvalue weighted by Crippen LogP contribution is 2.41. The Hall–Kier alpha value is -1.56. The van der Waals surface area contributed by atoms with E-state index in [0.29, 0.717) is 12.2 Å². The molecule has 0 bridgehead atoms. The van der Waals surface area contributed by atoms with Gasteiger partial charge < -0.3 is 5.11 Å². The summed E-state index contributed by atoms with van der Waals surface area (Å²) in [7, 11) is 0. The first-order valence-electron chi connectivity index (χ1n) is 5.55. The van der Waals surface area contributed by atoms with E-state index < -0.39 is 54.8 Å². The lowest BCUT2D eigenvalue weighted by molar-refractivity contribution is -0.526. The number of halogens is 6. The van der Waals surface area contributed by atoms with Gasteiger partial charge >= 0.3 is 3.55 Å². The molecule has 0 aromatic heterocycles. The summed E-state index contributed by atoms with van der Waals surface area (Å²) in [6, 6.07) is -0.00602. The molecule has 0 radical (unpaired) electrons. The summed E-state index contributed by atoms with van der Waals surface area (Å²) in [6.07, 6.45) is -1.10. The van der Waals surface area contributed by atoms with Crippen molar-refractivity contribution in [2.45, 2.75) is 9.65 Å². The molecule has 1 aromatic carbocycles. The normalized spacial score (nSPS) is 24.8. The van der Waals surface area contributed by atoms with Crippen molar-refractivity contribution < 1.29 is 32.0 Å². The highest BCUT2D eigenvalue weighted by molar-refractivity contribution is 14.1. The van der Waals surface area contributed by atoms with Crippen molar-refractivity contribution in [2.75, 3.05) is 0 Å². The zero-order valence-electron chi connectivity index (χ0n) is 10.3. The van der Waals surface area contributed by atoms with Gasteiger partial charge in [0.05, 0.1) is 5.56 Å². The van der Waals surface area contributed by atoms with E-state index in [1.807, 2.05) is 0 Å². The fourth-order valence-corrected chi connectivity index (χ4v) is 2.36. The molecule has 0 aliphatic heterocycles. The Morgan fingerprint density at radius 1 is 1.18 bits per heavy atom. The van der Waals surface area contributed by atoms with Crippen LogP contribution in [0.5, 0.6) is 0 Å². The van der Waals surface area contributed by atoms with Crippen LogP contribution in [0.25, 0.3) is 5.57 Å². The molecule has 2 unspecified atom stereocenters. The van der Waals surface area contributed by atoms with Gasteiger partial charge in [0, 0.05) is 45.2 Å². The molecule has 118 valence electrons. The van der Waals surface area contributed by atoms with Gasteiger partial charge in [0.25, 0.3) is 0 Å². The molecule has 2 atom stereocenters. The van der Waals surface area contributed by atoms with E-state index in [0.717, 1.165) is 22.6 Å². The Morgan fingerprint density at radius 3 is 2.32 bits per heavy atom. The van der Waals surface area contributed by atoms with Gasteiger partial charge in [-0.05, 0) is 6.08 Å². The molecule has 2 rings (SSSR count). The molecule has 1 N–H and O–H groups in total. The van der Waals surface area contributed by atoms with Gasteiger partial charge in [-0.1, -0.05) is 0 Å². The first-order valence-corrected chi connectivity index (χ1v) is 6.62. The number of hydrogen-bond donors (Lipinski definition) is 1. The fraction of sp³-hybridized carbons (Fsp3) is 0.167. The van der Waals surface area contributed by atoms with E-state index in [2.05, 4.69) is 0 Å². The van der Waals surface area contributed by atoms with Gasteiger partial charge in [-0.25, -0.2) is 22.0 Å². The molecule has 0 saturated heterocycles. The number of hydrogen-bond acceptors (Lipinski definition) is 3. The molecule has 0 saturated carbocycles. The number of rotatable bonds is 2.